The van der Waals surface area contributed by atoms with Crippen molar-refractivity contribution < 1.29 is 14.0 Å². The van der Waals surface area contributed by atoms with Gasteiger partial charge in [0.2, 0.25) is 0 Å². The van der Waals surface area contributed by atoms with Crippen LogP contribution in [0.2, 0.25) is 0 Å². The number of Topliss-reactive ketones (excluding diaryl/α,β-unsaturated/α-hetero) is 1. The number of piperazine rings is 1. The predicted molar refractivity (Wildman–Crippen MR) is 128 cm³/mol. The number of benzene rings is 2. The quantitative estimate of drug-likeness (QED) is 0.542. The van der Waals surface area contributed by atoms with Crippen LogP contribution in [0.1, 0.15) is 43.2 Å². The largest absolute Gasteiger partial charge is 0.336 e. The Bertz CT molecular complexity index is 1190. The summed E-state index contributed by atoms with van der Waals surface area (Å²) in [5.41, 5.74) is 6.32. The standard InChI is InChI=1S/C27H30FN3O2/c1-18-5-6-22(15-19(18)2)27(33)30-13-11-29(12-14-30)17-26(32)25-16-20(3)31(21(25)4)24-9-7-23(28)8-10-24/h5-10,15-16H,11-14,17H2,1-4H3. The van der Waals surface area contributed by atoms with Gasteiger partial charge in [0, 0.05) is 54.4 Å². The van der Waals surface area contributed by atoms with Crippen molar-refractivity contribution in [3.05, 3.63) is 88.0 Å². The third kappa shape index (κ3) is 4.76. The van der Waals surface area contributed by atoms with Crippen LogP contribution in [0.4, 0.5) is 4.39 Å². The summed E-state index contributed by atoms with van der Waals surface area (Å²) in [6.45, 7) is 10.8. The van der Waals surface area contributed by atoms with E-state index < -0.39 is 0 Å². The van der Waals surface area contributed by atoms with E-state index in [1.54, 1.807) is 12.1 Å². The van der Waals surface area contributed by atoms with Crippen LogP contribution in [0.25, 0.3) is 5.69 Å². The molecule has 5 nitrogen and oxygen atoms in total. The molecule has 1 aliphatic rings. The first kappa shape index (κ1) is 22.9. The number of hydrogen-bond donors (Lipinski definition) is 0. The van der Waals surface area contributed by atoms with Gasteiger partial charge >= 0.3 is 0 Å². The Hall–Kier alpha value is -3.25. The Kier molecular flexibility index (Phi) is 6.47. The first-order chi connectivity index (χ1) is 15.7. The molecule has 0 saturated carbocycles. The number of carbonyl (C=O) groups is 2. The summed E-state index contributed by atoms with van der Waals surface area (Å²) in [4.78, 5) is 29.9. The van der Waals surface area contributed by atoms with E-state index in [1.807, 2.05) is 61.4 Å². The topological polar surface area (TPSA) is 45.6 Å². The molecule has 3 aromatic rings. The van der Waals surface area contributed by atoms with Gasteiger partial charge in [-0.1, -0.05) is 6.07 Å². The van der Waals surface area contributed by atoms with Crippen LogP contribution in [0, 0.1) is 33.5 Å². The van der Waals surface area contributed by atoms with Gasteiger partial charge in [-0.2, -0.15) is 0 Å². The molecule has 2 heterocycles. The average Bonchev–Trinajstić information content (AvgIpc) is 3.10. The van der Waals surface area contributed by atoms with Crippen LogP contribution in [-0.2, 0) is 0 Å². The third-order valence-electron chi connectivity index (χ3n) is 6.60. The molecule has 4 rings (SSSR count). The number of nitrogens with zero attached hydrogens (tertiary/aromatic N) is 3. The Labute approximate surface area is 194 Å². The minimum absolute atomic E-state index is 0.0481. The molecule has 0 atom stereocenters. The van der Waals surface area contributed by atoms with E-state index in [0.717, 1.165) is 28.2 Å². The van der Waals surface area contributed by atoms with Gasteiger partial charge in [0.25, 0.3) is 5.91 Å². The molecule has 1 amide bonds. The minimum atomic E-state index is -0.285. The zero-order valence-electron chi connectivity index (χ0n) is 19.7. The summed E-state index contributed by atoms with van der Waals surface area (Å²) >= 11 is 0. The third-order valence-corrected chi connectivity index (χ3v) is 6.60. The van der Waals surface area contributed by atoms with E-state index >= 15 is 0 Å². The fraction of sp³-hybridized carbons (Fsp3) is 0.333. The number of rotatable bonds is 5. The van der Waals surface area contributed by atoms with Crippen LogP contribution in [0.15, 0.2) is 48.5 Å². The number of aryl methyl sites for hydroxylation is 3. The van der Waals surface area contributed by atoms with Gasteiger partial charge in [0.05, 0.1) is 6.54 Å². The van der Waals surface area contributed by atoms with Crippen molar-refractivity contribution >= 4 is 11.7 Å². The van der Waals surface area contributed by atoms with Gasteiger partial charge in [0.15, 0.2) is 5.78 Å². The molecule has 172 valence electrons. The first-order valence-electron chi connectivity index (χ1n) is 11.3. The fourth-order valence-electron chi connectivity index (χ4n) is 4.49. The lowest BCUT2D eigenvalue weighted by atomic mass is 10.1. The maximum atomic E-state index is 13.3. The van der Waals surface area contributed by atoms with E-state index in [2.05, 4.69) is 4.90 Å². The highest BCUT2D eigenvalue weighted by molar-refractivity contribution is 5.99. The van der Waals surface area contributed by atoms with Gasteiger partial charge in [-0.15, -0.1) is 0 Å². The lowest BCUT2D eigenvalue weighted by molar-refractivity contribution is 0.0624. The molecule has 1 fully saturated rings. The van der Waals surface area contributed by atoms with Crippen molar-refractivity contribution in [1.29, 1.82) is 0 Å². The van der Waals surface area contributed by atoms with E-state index in [-0.39, 0.29) is 17.5 Å². The van der Waals surface area contributed by atoms with Gasteiger partial charge in [-0.25, -0.2) is 4.39 Å². The van der Waals surface area contributed by atoms with Crippen molar-refractivity contribution in [2.45, 2.75) is 27.7 Å². The second-order valence-corrected chi connectivity index (χ2v) is 8.89. The van der Waals surface area contributed by atoms with Crippen molar-refractivity contribution in [1.82, 2.24) is 14.4 Å². The Balaban J connectivity index is 1.39. The van der Waals surface area contributed by atoms with Crippen LogP contribution in [0.3, 0.4) is 0 Å². The number of hydrogen-bond acceptors (Lipinski definition) is 3. The maximum Gasteiger partial charge on any atom is 0.253 e. The van der Waals surface area contributed by atoms with Gasteiger partial charge in [-0.3, -0.25) is 14.5 Å². The van der Waals surface area contributed by atoms with Crippen molar-refractivity contribution in [2.75, 3.05) is 32.7 Å². The van der Waals surface area contributed by atoms with Crippen molar-refractivity contribution in [2.24, 2.45) is 0 Å². The summed E-state index contributed by atoms with van der Waals surface area (Å²) in [6, 6.07) is 14.0. The highest BCUT2D eigenvalue weighted by Crippen LogP contribution is 2.22. The SMILES string of the molecule is Cc1ccc(C(=O)N2CCN(CC(=O)c3cc(C)n(-c4ccc(F)cc4)c3C)CC2)cc1C. The van der Waals surface area contributed by atoms with Crippen LogP contribution >= 0.6 is 0 Å². The van der Waals surface area contributed by atoms with Gasteiger partial charge < -0.3 is 9.47 Å². The predicted octanol–water partition coefficient (Wildman–Crippen LogP) is 4.49. The molecule has 6 heteroatoms. The minimum Gasteiger partial charge on any atom is -0.336 e. The van der Waals surface area contributed by atoms with Gasteiger partial charge in [-0.05, 0) is 81.3 Å². The Morgan fingerprint density at radius 2 is 1.52 bits per heavy atom. The van der Waals surface area contributed by atoms with Gasteiger partial charge in [0.1, 0.15) is 5.82 Å². The van der Waals surface area contributed by atoms with Crippen LogP contribution < -0.4 is 0 Å². The summed E-state index contributed by atoms with van der Waals surface area (Å²) < 4.78 is 15.3. The summed E-state index contributed by atoms with van der Waals surface area (Å²) in [6.07, 6.45) is 0. The van der Waals surface area contributed by atoms with E-state index in [9.17, 15) is 14.0 Å². The van der Waals surface area contributed by atoms with E-state index in [1.165, 1.54) is 17.7 Å². The summed E-state index contributed by atoms with van der Waals surface area (Å²) in [7, 11) is 0. The molecule has 0 radical (unpaired) electrons. The summed E-state index contributed by atoms with van der Waals surface area (Å²) in [5, 5.41) is 0. The molecule has 0 aliphatic carbocycles. The van der Waals surface area contributed by atoms with Crippen LogP contribution in [-0.4, -0.2) is 58.8 Å². The second kappa shape index (κ2) is 9.32. The lowest BCUT2D eigenvalue weighted by Crippen LogP contribution is -2.49. The zero-order valence-corrected chi connectivity index (χ0v) is 19.7. The Morgan fingerprint density at radius 1 is 0.848 bits per heavy atom. The first-order valence-corrected chi connectivity index (χ1v) is 11.3. The average molecular weight is 448 g/mol. The number of ketones is 1. The molecule has 0 bridgehead atoms. The zero-order chi connectivity index (χ0) is 23.7. The van der Waals surface area contributed by atoms with E-state index in [0.29, 0.717) is 38.3 Å². The number of amides is 1. The maximum absolute atomic E-state index is 13.3. The molecule has 1 saturated heterocycles. The molecule has 0 unspecified atom stereocenters. The molecule has 2 aromatic carbocycles. The molecule has 0 spiro atoms. The molecule has 1 aliphatic heterocycles. The second-order valence-electron chi connectivity index (χ2n) is 8.89. The lowest BCUT2D eigenvalue weighted by Gasteiger charge is -2.34. The molecule has 0 N–H and O–H groups in total. The number of carbonyl (C=O) groups excluding carboxylic acids is 2. The number of halogens is 1. The Morgan fingerprint density at radius 3 is 2.15 bits per heavy atom. The number of aromatic nitrogens is 1. The highest BCUT2D eigenvalue weighted by Gasteiger charge is 2.25. The molecule has 33 heavy (non-hydrogen) atoms. The van der Waals surface area contributed by atoms with Crippen LogP contribution in [0.5, 0.6) is 0 Å². The fourth-order valence-corrected chi connectivity index (χ4v) is 4.49. The molecular formula is C27H30FN3O2. The normalized spacial score (nSPS) is 14.5. The highest BCUT2D eigenvalue weighted by atomic mass is 19.1. The van der Waals surface area contributed by atoms with E-state index in [4.69, 9.17) is 0 Å². The molecule has 1 aromatic heterocycles. The monoisotopic (exact) mass is 447 g/mol. The van der Waals surface area contributed by atoms with Crippen molar-refractivity contribution in [3.63, 3.8) is 0 Å². The summed E-state index contributed by atoms with van der Waals surface area (Å²) in [5.74, 6) is -0.176. The molecular weight excluding hydrogens is 417 g/mol. The van der Waals surface area contributed by atoms with Crippen molar-refractivity contribution in [3.8, 4) is 5.69 Å². The smallest absolute Gasteiger partial charge is 0.253 e.